The first-order valence-electron chi connectivity index (χ1n) is 8.61. The van der Waals surface area contributed by atoms with E-state index in [-0.39, 0.29) is 6.54 Å². The standard InChI is InChI=1S/C19H26N2O3/c22-17(13-16-9-5-2-6-10-16)14-21-19(24)18(23)20-12-11-15-7-3-1-4-8-15/h2,5-7,9-10,17,22H,1,3-4,8,11-14H2,(H,20,23)(H,21,24). The molecule has 5 nitrogen and oxygen atoms in total. The summed E-state index contributed by atoms with van der Waals surface area (Å²) < 4.78 is 0. The molecule has 0 heterocycles. The van der Waals surface area contributed by atoms with Gasteiger partial charge in [0.2, 0.25) is 0 Å². The van der Waals surface area contributed by atoms with Crippen molar-refractivity contribution in [1.29, 1.82) is 0 Å². The first kappa shape index (κ1) is 18.2. The van der Waals surface area contributed by atoms with Crippen LogP contribution in [0.15, 0.2) is 42.0 Å². The van der Waals surface area contributed by atoms with E-state index in [2.05, 4.69) is 16.7 Å². The molecule has 5 heteroatoms. The van der Waals surface area contributed by atoms with Crippen LogP contribution in [-0.2, 0) is 16.0 Å². The Morgan fingerprint density at radius 3 is 2.54 bits per heavy atom. The van der Waals surface area contributed by atoms with Gasteiger partial charge in [-0.1, -0.05) is 42.0 Å². The minimum atomic E-state index is -0.712. The van der Waals surface area contributed by atoms with Crippen LogP contribution >= 0.6 is 0 Å². The van der Waals surface area contributed by atoms with Gasteiger partial charge in [0.05, 0.1) is 6.10 Å². The van der Waals surface area contributed by atoms with Gasteiger partial charge in [-0.2, -0.15) is 0 Å². The molecule has 0 bridgehead atoms. The Kier molecular flexibility index (Phi) is 7.49. The zero-order chi connectivity index (χ0) is 17.2. The third-order valence-corrected chi connectivity index (χ3v) is 4.14. The highest BCUT2D eigenvalue weighted by Gasteiger charge is 2.15. The van der Waals surface area contributed by atoms with Crippen LogP contribution in [0.1, 0.15) is 37.7 Å². The quantitative estimate of drug-likeness (QED) is 0.526. The molecular formula is C19H26N2O3. The maximum Gasteiger partial charge on any atom is 0.309 e. The molecule has 0 saturated carbocycles. The van der Waals surface area contributed by atoms with Crippen molar-refractivity contribution in [3.63, 3.8) is 0 Å². The number of rotatable bonds is 7. The van der Waals surface area contributed by atoms with E-state index >= 15 is 0 Å². The summed E-state index contributed by atoms with van der Waals surface area (Å²) in [6.45, 7) is 0.539. The van der Waals surface area contributed by atoms with Crippen LogP contribution < -0.4 is 10.6 Å². The van der Waals surface area contributed by atoms with Crippen molar-refractivity contribution in [3.8, 4) is 0 Å². The number of carbonyl (C=O) groups is 2. The molecule has 1 aromatic carbocycles. The summed E-state index contributed by atoms with van der Waals surface area (Å²) in [5, 5.41) is 15.0. The fourth-order valence-electron chi connectivity index (χ4n) is 2.80. The minimum Gasteiger partial charge on any atom is -0.391 e. The molecule has 2 rings (SSSR count). The molecule has 0 aliphatic heterocycles. The fourth-order valence-corrected chi connectivity index (χ4v) is 2.80. The molecular weight excluding hydrogens is 304 g/mol. The van der Waals surface area contributed by atoms with Crippen LogP contribution in [0.4, 0.5) is 0 Å². The van der Waals surface area contributed by atoms with Crippen LogP contribution in [0, 0.1) is 0 Å². The van der Waals surface area contributed by atoms with Gasteiger partial charge >= 0.3 is 11.8 Å². The summed E-state index contributed by atoms with van der Waals surface area (Å²) in [7, 11) is 0. The second-order valence-corrected chi connectivity index (χ2v) is 6.17. The number of aliphatic hydroxyl groups excluding tert-OH is 1. The van der Waals surface area contributed by atoms with Crippen molar-refractivity contribution in [1.82, 2.24) is 10.6 Å². The molecule has 0 aromatic heterocycles. The summed E-state index contributed by atoms with van der Waals surface area (Å²) in [4.78, 5) is 23.5. The average molecular weight is 330 g/mol. The molecule has 0 saturated heterocycles. The number of hydrogen-bond acceptors (Lipinski definition) is 3. The molecule has 1 unspecified atom stereocenters. The first-order chi connectivity index (χ1) is 11.6. The second-order valence-electron chi connectivity index (χ2n) is 6.17. The highest BCUT2D eigenvalue weighted by Crippen LogP contribution is 2.19. The van der Waals surface area contributed by atoms with Gasteiger partial charge in [-0.15, -0.1) is 0 Å². The maximum absolute atomic E-state index is 11.7. The summed E-state index contributed by atoms with van der Waals surface area (Å²) in [6, 6.07) is 9.53. The van der Waals surface area contributed by atoms with Gasteiger partial charge in [-0.05, 0) is 37.7 Å². The molecule has 1 aliphatic rings. The van der Waals surface area contributed by atoms with Gasteiger partial charge in [0.1, 0.15) is 0 Å². The average Bonchev–Trinajstić information content (AvgIpc) is 2.61. The van der Waals surface area contributed by atoms with E-state index in [1.54, 1.807) is 0 Å². The van der Waals surface area contributed by atoms with Crippen LogP contribution in [0.2, 0.25) is 0 Å². The van der Waals surface area contributed by atoms with Crippen molar-refractivity contribution in [2.45, 2.75) is 44.6 Å². The van der Waals surface area contributed by atoms with Crippen LogP contribution in [0.5, 0.6) is 0 Å². The van der Waals surface area contributed by atoms with Gasteiger partial charge in [0.25, 0.3) is 0 Å². The summed E-state index contributed by atoms with van der Waals surface area (Å²) >= 11 is 0. The summed E-state index contributed by atoms with van der Waals surface area (Å²) in [5.41, 5.74) is 2.35. The number of hydrogen-bond donors (Lipinski definition) is 3. The molecule has 1 aliphatic carbocycles. The van der Waals surface area contributed by atoms with Crippen molar-refractivity contribution in [3.05, 3.63) is 47.5 Å². The first-order valence-corrected chi connectivity index (χ1v) is 8.61. The van der Waals surface area contributed by atoms with Crippen molar-refractivity contribution < 1.29 is 14.7 Å². The van der Waals surface area contributed by atoms with Gasteiger partial charge in [0, 0.05) is 19.5 Å². The Morgan fingerprint density at radius 1 is 1.08 bits per heavy atom. The predicted molar refractivity (Wildman–Crippen MR) is 93.3 cm³/mol. The minimum absolute atomic E-state index is 0.0618. The molecule has 0 fully saturated rings. The molecule has 0 radical (unpaired) electrons. The van der Waals surface area contributed by atoms with Crippen LogP contribution in [-0.4, -0.2) is 36.1 Å². The number of aliphatic hydroxyl groups is 1. The van der Waals surface area contributed by atoms with Crippen molar-refractivity contribution in [2.75, 3.05) is 13.1 Å². The number of amides is 2. The smallest absolute Gasteiger partial charge is 0.309 e. The maximum atomic E-state index is 11.7. The lowest BCUT2D eigenvalue weighted by atomic mass is 9.97. The Bertz CT molecular complexity index is 569. The van der Waals surface area contributed by atoms with Crippen molar-refractivity contribution >= 4 is 11.8 Å². The lowest BCUT2D eigenvalue weighted by Crippen LogP contribution is -2.43. The number of benzene rings is 1. The zero-order valence-corrected chi connectivity index (χ0v) is 14.0. The van der Waals surface area contributed by atoms with E-state index in [0.29, 0.717) is 13.0 Å². The topological polar surface area (TPSA) is 78.4 Å². The molecule has 1 aromatic rings. The fraction of sp³-hybridized carbons (Fsp3) is 0.474. The summed E-state index contributed by atoms with van der Waals surface area (Å²) in [6.07, 6.45) is 7.42. The number of carbonyl (C=O) groups excluding carboxylic acids is 2. The molecule has 3 N–H and O–H groups in total. The normalized spacial score (nSPS) is 15.3. The lowest BCUT2D eigenvalue weighted by Gasteiger charge is -2.14. The Labute approximate surface area is 143 Å². The largest absolute Gasteiger partial charge is 0.391 e. The third-order valence-electron chi connectivity index (χ3n) is 4.14. The van der Waals surface area contributed by atoms with Gasteiger partial charge in [-0.25, -0.2) is 0 Å². The van der Waals surface area contributed by atoms with Gasteiger partial charge in [-0.3, -0.25) is 9.59 Å². The number of nitrogens with one attached hydrogen (secondary N) is 2. The Hall–Kier alpha value is -2.14. The lowest BCUT2D eigenvalue weighted by molar-refractivity contribution is -0.139. The Morgan fingerprint density at radius 2 is 1.83 bits per heavy atom. The van der Waals surface area contributed by atoms with E-state index in [9.17, 15) is 14.7 Å². The molecule has 1 atom stereocenters. The Balaban J connectivity index is 1.62. The third kappa shape index (κ3) is 6.54. The highest BCUT2D eigenvalue weighted by atomic mass is 16.3. The van der Waals surface area contributed by atoms with Crippen LogP contribution in [0.3, 0.4) is 0 Å². The molecule has 24 heavy (non-hydrogen) atoms. The summed E-state index contributed by atoms with van der Waals surface area (Å²) in [5.74, 6) is -1.34. The van der Waals surface area contributed by atoms with E-state index in [1.165, 1.54) is 18.4 Å². The van der Waals surface area contributed by atoms with Gasteiger partial charge < -0.3 is 15.7 Å². The second kappa shape index (κ2) is 9.88. The van der Waals surface area contributed by atoms with Crippen LogP contribution in [0.25, 0.3) is 0 Å². The molecule has 0 spiro atoms. The monoisotopic (exact) mass is 330 g/mol. The van der Waals surface area contributed by atoms with E-state index in [0.717, 1.165) is 24.8 Å². The molecule has 130 valence electrons. The predicted octanol–water partition coefficient (Wildman–Crippen LogP) is 1.71. The van der Waals surface area contributed by atoms with Crippen molar-refractivity contribution in [2.24, 2.45) is 0 Å². The van der Waals surface area contributed by atoms with Gasteiger partial charge in [0.15, 0.2) is 0 Å². The highest BCUT2D eigenvalue weighted by molar-refractivity contribution is 6.35. The van der Waals surface area contributed by atoms with E-state index in [1.807, 2.05) is 30.3 Å². The zero-order valence-electron chi connectivity index (χ0n) is 14.0. The molecule has 2 amide bonds. The SMILES string of the molecule is O=C(NCCC1=CCCCC1)C(=O)NCC(O)Cc1ccccc1. The number of allylic oxidation sites excluding steroid dienone is 1. The van der Waals surface area contributed by atoms with E-state index < -0.39 is 17.9 Å². The van der Waals surface area contributed by atoms with E-state index in [4.69, 9.17) is 0 Å².